The second-order valence-corrected chi connectivity index (χ2v) is 10.2. The second kappa shape index (κ2) is 10.3. The lowest BCUT2D eigenvalue weighted by Gasteiger charge is -2.38. The van der Waals surface area contributed by atoms with E-state index in [0.717, 1.165) is 5.56 Å². The van der Waals surface area contributed by atoms with Gasteiger partial charge in [0.1, 0.15) is 24.7 Å². The molecular formula is C25H25Cl2N5O4. The van der Waals surface area contributed by atoms with Crippen molar-refractivity contribution in [2.75, 3.05) is 18.0 Å². The molecule has 36 heavy (non-hydrogen) atoms. The van der Waals surface area contributed by atoms with Crippen LogP contribution in [0.2, 0.25) is 10.2 Å². The first kappa shape index (κ1) is 25.7. The Labute approximate surface area is 218 Å². The standard InChI is InChI=1S/C25H25Cl2N5O4/c1-25(2,3)36-24(35)20(11-16-7-5-4-6-8-16)31-15-22(33)30(14-23(31)34)19-12-17(26)9-10-18(19)32-13-21(27)28-29-32/h4-10,12-13,20H,11,14-15H2,1-3H3. The minimum atomic E-state index is -0.960. The molecule has 1 unspecified atom stereocenters. The predicted molar refractivity (Wildman–Crippen MR) is 135 cm³/mol. The lowest BCUT2D eigenvalue weighted by molar-refractivity contribution is -0.165. The van der Waals surface area contributed by atoms with Crippen LogP contribution in [-0.2, 0) is 25.5 Å². The molecule has 2 aromatic carbocycles. The first-order chi connectivity index (χ1) is 17.0. The zero-order valence-electron chi connectivity index (χ0n) is 20.0. The highest BCUT2D eigenvalue weighted by molar-refractivity contribution is 6.31. The molecule has 1 saturated heterocycles. The SMILES string of the molecule is CC(C)(C)OC(=O)C(Cc1ccccc1)N1CC(=O)N(c2cc(Cl)ccc2-n2cc(Cl)nn2)CC1=O. The van der Waals surface area contributed by atoms with Crippen molar-refractivity contribution in [3.63, 3.8) is 0 Å². The molecule has 3 aromatic rings. The molecular weight excluding hydrogens is 505 g/mol. The van der Waals surface area contributed by atoms with E-state index in [1.807, 2.05) is 30.3 Å². The molecule has 0 bridgehead atoms. The van der Waals surface area contributed by atoms with Crippen LogP contribution in [0.3, 0.4) is 0 Å². The number of hydrogen-bond acceptors (Lipinski definition) is 6. The fourth-order valence-electron chi connectivity index (χ4n) is 3.93. The van der Waals surface area contributed by atoms with E-state index >= 15 is 0 Å². The Morgan fingerprint density at radius 3 is 2.39 bits per heavy atom. The first-order valence-corrected chi connectivity index (χ1v) is 12.0. The van der Waals surface area contributed by atoms with Crippen molar-refractivity contribution in [3.05, 3.63) is 70.5 Å². The number of carbonyl (C=O) groups excluding carboxylic acids is 3. The highest BCUT2D eigenvalue weighted by Gasteiger charge is 2.40. The maximum absolute atomic E-state index is 13.4. The molecule has 0 radical (unpaired) electrons. The Kier molecular flexibility index (Phi) is 7.33. The van der Waals surface area contributed by atoms with Crippen LogP contribution in [0, 0.1) is 0 Å². The van der Waals surface area contributed by atoms with Crippen molar-refractivity contribution < 1.29 is 19.1 Å². The van der Waals surface area contributed by atoms with E-state index in [4.69, 9.17) is 27.9 Å². The summed E-state index contributed by atoms with van der Waals surface area (Å²) >= 11 is 12.1. The third-order valence-electron chi connectivity index (χ3n) is 5.49. The van der Waals surface area contributed by atoms with Crippen LogP contribution in [0.5, 0.6) is 0 Å². The molecule has 0 aliphatic carbocycles. The quantitative estimate of drug-likeness (QED) is 0.451. The van der Waals surface area contributed by atoms with Gasteiger partial charge >= 0.3 is 5.97 Å². The maximum atomic E-state index is 13.4. The van der Waals surface area contributed by atoms with E-state index in [-0.39, 0.29) is 30.6 Å². The van der Waals surface area contributed by atoms with Crippen molar-refractivity contribution in [1.29, 1.82) is 0 Å². The van der Waals surface area contributed by atoms with Gasteiger partial charge in [0.15, 0.2) is 5.15 Å². The fourth-order valence-corrected chi connectivity index (χ4v) is 4.23. The molecule has 2 amide bonds. The van der Waals surface area contributed by atoms with E-state index in [1.165, 1.54) is 20.7 Å². The van der Waals surface area contributed by atoms with Crippen molar-refractivity contribution in [3.8, 4) is 5.69 Å². The Morgan fingerprint density at radius 2 is 1.75 bits per heavy atom. The average molecular weight is 530 g/mol. The third-order valence-corrected chi connectivity index (χ3v) is 5.90. The molecule has 1 fully saturated rings. The van der Waals surface area contributed by atoms with Crippen molar-refractivity contribution >= 4 is 46.7 Å². The van der Waals surface area contributed by atoms with Gasteiger partial charge in [0.05, 0.1) is 17.6 Å². The summed E-state index contributed by atoms with van der Waals surface area (Å²) in [5.74, 6) is -1.35. The average Bonchev–Trinajstić information content (AvgIpc) is 3.24. The number of carbonyl (C=O) groups is 3. The van der Waals surface area contributed by atoms with Crippen LogP contribution < -0.4 is 4.90 Å². The lowest BCUT2D eigenvalue weighted by atomic mass is 10.0. The van der Waals surface area contributed by atoms with E-state index in [1.54, 1.807) is 39.0 Å². The number of esters is 1. The monoisotopic (exact) mass is 529 g/mol. The second-order valence-electron chi connectivity index (χ2n) is 9.36. The molecule has 1 aliphatic rings. The number of benzene rings is 2. The number of piperazine rings is 1. The van der Waals surface area contributed by atoms with E-state index in [0.29, 0.717) is 16.4 Å². The van der Waals surface area contributed by atoms with Crippen molar-refractivity contribution in [2.24, 2.45) is 0 Å². The third kappa shape index (κ3) is 5.85. The molecule has 1 aliphatic heterocycles. The van der Waals surface area contributed by atoms with Gasteiger partial charge in [-0.1, -0.05) is 58.7 Å². The highest BCUT2D eigenvalue weighted by Crippen LogP contribution is 2.30. The highest BCUT2D eigenvalue weighted by atomic mass is 35.5. The molecule has 0 N–H and O–H groups in total. The van der Waals surface area contributed by atoms with Crippen LogP contribution >= 0.6 is 23.2 Å². The number of anilines is 1. The van der Waals surface area contributed by atoms with Crippen LogP contribution in [0.1, 0.15) is 26.3 Å². The fraction of sp³-hybridized carbons (Fsp3) is 0.320. The number of halogens is 2. The summed E-state index contributed by atoms with van der Waals surface area (Å²) in [7, 11) is 0. The van der Waals surface area contributed by atoms with E-state index < -0.39 is 23.5 Å². The number of aromatic nitrogens is 3. The molecule has 9 nitrogen and oxygen atoms in total. The summed E-state index contributed by atoms with van der Waals surface area (Å²) < 4.78 is 7.01. The molecule has 2 heterocycles. The van der Waals surface area contributed by atoms with Crippen LogP contribution in [0.4, 0.5) is 5.69 Å². The van der Waals surface area contributed by atoms with Gasteiger partial charge in [-0.05, 0) is 44.5 Å². The molecule has 0 spiro atoms. The summed E-state index contributed by atoms with van der Waals surface area (Å²) in [6.45, 7) is 4.67. The number of rotatable bonds is 6. The van der Waals surface area contributed by atoms with Gasteiger partial charge in [-0.25, -0.2) is 9.48 Å². The van der Waals surface area contributed by atoms with Gasteiger partial charge in [0.25, 0.3) is 0 Å². The Morgan fingerprint density at radius 1 is 1.03 bits per heavy atom. The Balaban J connectivity index is 1.64. The summed E-state index contributed by atoms with van der Waals surface area (Å²) in [6, 6.07) is 13.2. The van der Waals surface area contributed by atoms with Crippen LogP contribution in [-0.4, -0.2) is 62.4 Å². The number of ether oxygens (including phenoxy) is 1. The largest absolute Gasteiger partial charge is 0.458 e. The van der Waals surface area contributed by atoms with Crippen molar-refractivity contribution in [2.45, 2.75) is 38.8 Å². The Hall–Kier alpha value is -3.43. The molecule has 1 atom stereocenters. The molecule has 11 heteroatoms. The van der Waals surface area contributed by atoms with E-state index in [2.05, 4.69) is 10.3 Å². The summed E-state index contributed by atoms with van der Waals surface area (Å²) in [5, 5.41) is 8.28. The van der Waals surface area contributed by atoms with Gasteiger partial charge in [0.2, 0.25) is 11.8 Å². The van der Waals surface area contributed by atoms with Gasteiger partial charge in [-0.3, -0.25) is 14.5 Å². The number of hydrogen-bond donors (Lipinski definition) is 0. The summed E-state index contributed by atoms with van der Waals surface area (Å²) in [6.07, 6.45) is 1.70. The lowest BCUT2D eigenvalue weighted by Crippen LogP contribution is -2.60. The first-order valence-electron chi connectivity index (χ1n) is 11.3. The number of amides is 2. The minimum absolute atomic E-state index is 0.171. The molecule has 1 aromatic heterocycles. The maximum Gasteiger partial charge on any atom is 0.329 e. The minimum Gasteiger partial charge on any atom is -0.458 e. The molecule has 188 valence electrons. The van der Waals surface area contributed by atoms with Gasteiger partial charge in [0, 0.05) is 11.4 Å². The predicted octanol–water partition coefficient (Wildman–Crippen LogP) is 3.70. The topological polar surface area (TPSA) is 97.6 Å². The Bertz CT molecular complexity index is 1290. The smallest absolute Gasteiger partial charge is 0.329 e. The van der Waals surface area contributed by atoms with Gasteiger partial charge in [-0.15, -0.1) is 5.10 Å². The molecule has 4 rings (SSSR count). The number of nitrogens with zero attached hydrogens (tertiary/aromatic N) is 5. The zero-order chi connectivity index (χ0) is 26.0. The van der Waals surface area contributed by atoms with Crippen LogP contribution in [0.15, 0.2) is 54.7 Å². The summed E-state index contributed by atoms with van der Waals surface area (Å²) in [5.41, 5.74) is 0.937. The summed E-state index contributed by atoms with van der Waals surface area (Å²) in [4.78, 5) is 42.6. The van der Waals surface area contributed by atoms with Gasteiger partial charge in [-0.2, -0.15) is 0 Å². The van der Waals surface area contributed by atoms with E-state index in [9.17, 15) is 14.4 Å². The van der Waals surface area contributed by atoms with Gasteiger partial charge < -0.3 is 9.64 Å². The van der Waals surface area contributed by atoms with Crippen molar-refractivity contribution in [1.82, 2.24) is 19.9 Å². The normalized spacial score (nSPS) is 15.2. The zero-order valence-corrected chi connectivity index (χ0v) is 21.5. The molecule has 0 saturated carbocycles. The van der Waals surface area contributed by atoms with Crippen LogP contribution in [0.25, 0.3) is 5.69 Å².